The Labute approximate surface area is 155 Å². The lowest BCUT2D eigenvalue weighted by atomic mass is 10.00. The zero-order valence-corrected chi connectivity index (χ0v) is 14.9. The Morgan fingerprint density at radius 2 is 2.27 bits per heavy atom. The van der Waals surface area contributed by atoms with Crippen LogP contribution in [0.1, 0.15) is 18.4 Å². The van der Waals surface area contributed by atoms with Gasteiger partial charge in [-0.2, -0.15) is 5.10 Å². The Balaban J connectivity index is 1.53. The van der Waals surface area contributed by atoms with Crippen LogP contribution in [0.15, 0.2) is 30.7 Å². The summed E-state index contributed by atoms with van der Waals surface area (Å²) in [5.74, 6) is 0.720. The number of halogens is 2. The molecule has 1 saturated heterocycles. The molecule has 0 bridgehead atoms. The predicted molar refractivity (Wildman–Crippen MR) is 95.1 cm³/mol. The predicted octanol–water partition coefficient (Wildman–Crippen LogP) is 2.38. The molecule has 1 aliphatic heterocycles. The van der Waals surface area contributed by atoms with E-state index in [9.17, 15) is 4.39 Å². The topological polar surface area (TPSA) is 73.5 Å². The maximum Gasteiger partial charge on any atom is 0.180 e. The lowest BCUT2D eigenvalue weighted by Gasteiger charge is -2.22. The van der Waals surface area contributed by atoms with E-state index in [1.165, 1.54) is 25.2 Å². The second-order valence-electron chi connectivity index (χ2n) is 6.48. The van der Waals surface area contributed by atoms with E-state index in [-0.39, 0.29) is 12.4 Å². The molecule has 1 fully saturated rings. The van der Waals surface area contributed by atoms with Crippen LogP contribution in [-0.4, -0.2) is 42.8 Å². The van der Waals surface area contributed by atoms with E-state index < -0.39 is 0 Å². The minimum absolute atomic E-state index is 0.181. The third-order valence-electron chi connectivity index (χ3n) is 4.60. The third kappa shape index (κ3) is 3.61. The molecule has 7 nitrogen and oxygen atoms in total. The first-order chi connectivity index (χ1) is 12.7. The highest BCUT2D eigenvalue weighted by Crippen LogP contribution is 2.22. The van der Waals surface area contributed by atoms with Gasteiger partial charge in [0.1, 0.15) is 17.8 Å². The molecule has 3 heterocycles. The van der Waals surface area contributed by atoms with Gasteiger partial charge in [-0.05, 0) is 44.0 Å². The number of hydrogen-bond acceptors (Lipinski definition) is 5. The first-order valence-electron chi connectivity index (χ1n) is 8.62. The van der Waals surface area contributed by atoms with E-state index in [1.54, 1.807) is 16.8 Å². The third-order valence-corrected chi connectivity index (χ3v) is 4.95. The smallest absolute Gasteiger partial charge is 0.180 e. The van der Waals surface area contributed by atoms with E-state index in [0.29, 0.717) is 28.0 Å². The SMILES string of the molecule is Fc1cccc(Cl)c1Cn1ncnc1-c1cn(CC2CCCNC2)nn1. The van der Waals surface area contributed by atoms with Gasteiger partial charge in [-0.1, -0.05) is 22.9 Å². The molecule has 1 aromatic carbocycles. The molecular weight excluding hydrogens is 357 g/mol. The van der Waals surface area contributed by atoms with Crippen molar-refractivity contribution in [2.24, 2.45) is 5.92 Å². The molecule has 2 aromatic heterocycles. The Kier molecular flexibility index (Phi) is 4.94. The van der Waals surface area contributed by atoms with Gasteiger partial charge in [0.05, 0.1) is 12.7 Å². The second kappa shape index (κ2) is 7.51. The molecule has 0 aliphatic carbocycles. The number of aromatic nitrogens is 6. The highest BCUT2D eigenvalue weighted by atomic mass is 35.5. The highest BCUT2D eigenvalue weighted by Gasteiger charge is 2.17. The van der Waals surface area contributed by atoms with Gasteiger partial charge in [0, 0.05) is 17.1 Å². The fourth-order valence-electron chi connectivity index (χ4n) is 3.25. The Hall–Kier alpha value is -2.32. The molecule has 0 saturated carbocycles. The fourth-order valence-corrected chi connectivity index (χ4v) is 3.47. The zero-order chi connectivity index (χ0) is 17.9. The summed E-state index contributed by atoms with van der Waals surface area (Å²) in [5, 5.41) is 16.4. The van der Waals surface area contributed by atoms with E-state index in [2.05, 4.69) is 25.7 Å². The van der Waals surface area contributed by atoms with Crippen LogP contribution >= 0.6 is 11.6 Å². The number of piperidine rings is 1. The number of benzene rings is 1. The largest absolute Gasteiger partial charge is 0.316 e. The minimum Gasteiger partial charge on any atom is -0.316 e. The van der Waals surface area contributed by atoms with Crippen molar-refractivity contribution in [2.75, 3.05) is 13.1 Å². The molecule has 0 radical (unpaired) electrons. The van der Waals surface area contributed by atoms with Crippen LogP contribution in [0.3, 0.4) is 0 Å². The first kappa shape index (κ1) is 17.1. The Morgan fingerprint density at radius 1 is 1.35 bits per heavy atom. The fraction of sp³-hybridized carbons (Fsp3) is 0.412. The summed E-state index contributed by atoms with van der Waals surface area (Å²) in [6, 6.07) is 4.62. The highest BCUT2D eigenvalue weighted by molar-refractivity contribution is 6.31. The first-order valence-corrected chi connectivity index (χ1v) is 9.00. The lowest BCUT2D eigenvalue weighted by Crippen LogP contribution is -2.32. The lowest BCUT2D eigenvalue weighted by molar-refractivity contribution is 0.322. The Morgan fingerprint density at radius 3 is 3.08 bits per heavy atom. The standard InChI is InChI=1S/C17H19ClFN7/c18-14-4-1-5-15(19)13(14)9-26-17(21-11-22-26)16-10-25(24-23-16)8-12-3-2-6-20-7-12/h1,4-5,10-12,20H,2-3,6-9H2. The van der Waals surface area contributed by atoms with Crippen molar-refractivity contribution in [3.8, 4) is 11.5 Å². The van der Waals surface area contributed by atoms with Gasteiger partial charge in [0.25, 0.3) is 0 Å². The maximum absolute atomic E-state index is 14.1. The van der Waals surface area contributed by atoms with Crippen LogP contribution in [0.25, 0.3) is 11.5 Å². The number of nitrogens with zero attached hydrogens (tertiary/aromatic N) is 6. The van der Waals surface area contributed by atoms with Gasteiger partial charge in [0.2, 0.25) is 0 Å². The van der Waals surface area contributed by atoms with Crippen molar-refractivity contribution in [1.82, 2.24) is 35.1 Å². The number of nitrogens with one attached hydrogen (secondary N) is 1. The molecule has 136 valence electrons. The molecule has 9 heteroatoms. The van der Waals surface area contributed by atoms with Crippen molar-refractivity contribution in [3.63, 3.8) is 0 Å². The monoisotopic (exact) mass is 375 g/mol. The summed E-state index contributed by atoms with van der Waals surface area (Å²) in [5.41, 5.74) is 0.986. The second-order valence-corrected chi connectivity index (χ2v) is 6.89. The summed E-state index contributed by atoms with van der Waals surface area (Å²) in [4.78, 5) is 4.26. The van der Waals surface area contributed by atoms with E-state index in [4.69, 9.17) is 11.6 Å². The van der Waals surface area contributed by atoms with E-state index in [1.807, 2.05) is 10.9 Å². The number of hydrogen-bond donors (Lipinski definition) is 1. The minimum atomic E-state index is -0.368. The molecule has 26 heavy (non-hydrogen) atoms. The zero-order valence-electron chi connectivity index (χ0n) is 14.1. The normalized spacial score (nSPS) is 17.5. The van der Waals surface area contributed by atoms with Crippen molar-refractivity contribution >= 4 is 11.6 Å². The molecule has 1 aliphatic rings. The van der Waals surface area contributed by atoms with Crippen molar-refractivity contribution in [3.05, 3.63) is 47.1 Å². The van der Waals surface area contributed by atoms with Gasteiger partial charge in [-0.25, -0.2) is 14.1 Å². The quantitative estimate of drug-likeness (QED) is 0.741. The molecule has 0 spiro atoms. The van der Waals surface area contributed by atoms with Crippen molar-refractivity contribution in [1.29, 1.82) is 0 Å². The molecular formula is C17H19ClFN7. The van der Waals surface area contributed by atoms with E-state index in [0.717, 1.165) is 19.6 Å². The van der Waals surface area contributed by atoms with Crippen LogP contribution in [0.2, 0.25) is 5.02 Å². The molecule has 0 amide bonds. The average Bonchev–Trinajstić information content (AvgIpc) is 3.28. The summed E-state index contributed by atoms with van der Waals surface area (Å²) in [6.45, 7) is 3.07. The maximum atomic E-state index is 14.1. The Bertz CT molecular complexity index is 865. The molecule has 1 N–H and O–H groups in total. The van der Waals surface area contributed by atoms with Crippen LogP contribution in [0, 0.1) is 11.7 Å². The van der Waals surface area contributed by atoms with Crippen molar-refractivity contribution < 1.29 is 4.39 Å². The van der Waals surface area contributed by atoms with Gasteiger partial charge < -0.3 is 5.32 Å². The van der Waals surface area contributed by atoms with E-state index >= 15 is 0 Å². The van der Waals surface area contributed by atoms with Crippen LogP contribution in [0.4, 0.5) is 4.39 Å². The van der Waals surface area contributed by atoms with Crippen LogP contribution < -0.4 is 5.32 Å². The molecule has 1 unspecified atom stereocenters. The average molecular weight is 376 g/mol. The van der Waals surface area contributed by atoms with Gasteiger partial charge in [-0.3, -0.25) is 4.68 Å². The molecule has 4 rings (SSSR count). The summed E-state index contributed by atoms with van der Waals surface area (Å²) >= 11 is 6.12. The number of rotatable bonds is 5. The van der Waals surface area contributed by atoms with Gasteiger partial charge >= 0.3 is 0 Å². The molecule has 3 aromatic rings. The summed E-state index contributed by atoms with van der Waals surface area (Å²) in [6.07, 6.45) is 5.65. The van der Waals surface area contributed by atoms with Crippen LogP contribution in [0.5, 0.6) is 0 Å². The summed E-state index contributed by atoms with van der Waals surface area (Å²) < 4.78 is 17.5. The summed E-state index contributed by atoms with van der Waals surface area (Å²) in [7, 11) is 0. The van der Waals surface area contributed by atoms with Gasteiger partial charge in [0.15, 0.2) is 5.82 Å². The van der Waals surface area contributed by atoms with Gasteiger partial charge in [-0.15, -0.1) is 5.10 Å². The van der Waals surface area contributed by atoms with Crippen molar-refractivity contribution in [2.45, 2.75) is 25.9 Å². The molecule has 1 atom stereocenters. The van der Waals surface area contributed by atoms with Crippen LogP contribution in [-0.2, 0) is 13.1 Å².